The number of hydrogen-bond acceptors (Lipinski definition) is 9. The Morgan fingerprint density at radius 3 is 2.49 bits per heavy atom. The van der Waals surface area contributed by atoms with Crippen molar-refractivity contribution < 1.29 is 47.5 Å². The average molecular weight is 724 g/mol. The maximum atomic E-state index is 13.1. The molecule has 0 aliphatic carbocycles. The van der Waals surface area contributed by atoms with Crippen molar-refractivity contribution in [1.82, 2.24) is 19.9 Å². The summed E-state index contributed by atoms with van der Waals surface area (Å²) < 4.78 is 10.8. The van der Waals surface area contributed by atoms with E-state index in [-0.39, 0.29) is 29.9 Å². The summed E-state index contributed by atoms with van der Waals surface area (Å²) in [7, 11) is 2.09. The van der Waals surface area contributed by atoms with Crippen LogP contribution in [0.15, 0.2) is 79.3 Å². The topological polar surface area (TPSA) is 119 Å². The van der Waals surface area contributed by atoms with Crippen LogP contribution in [0.25, 0.3) is 11.3 Å². The lowest BCUT2D eigenvalue weighted by Crippen LogP contribution is -3.00. The molecule has 1 fully saturated rings. The van der Waals surface area contributed by atoms with Crippen LogP contribution in [0.5, 0.6) is 0 Å². The van der Waals surface area contributed by atoms with Gasteiger partial charge in [0.25, 0.3) is 5.91 Å². The molecule has 12 heteroatoms. The van der Waals surface area contributed by atoms with Gasteiger partial charge in [-0.15, -0.1) is 0 Å². The molecule has 1 aliphatic rings. The van der Waals surface area contributed by atoms with E-state index in [0.717, 1.165) is 60.8 Å². The van der Waals surface area contributed by atoms with Crippen LogP contribution in [0.3, 0.4) is 0 Å². The molecule has 1 saturated heterocycles. The zero-order chi connectivity index (χ0) is 30.9. The fourth-order valence-electron chi connectivity index (χ4n) is 4.92. The number of amides is 1. The predicted octanol–water partition coefficient (Wildman–Crippen LogP) is 2.24. The standard InChI is InChI=1S/C33H37N7O4.HI/c1-4-43-33(42)44-23-40(3)18-16-39(17-19-40)22-25-8-10-26(11-9-25)31(41)36-28-12-7-24(2)30(20-28)38-32-35-15-13-29(37-32)27-6-5-14-34-21-27;/h5-15,20-21H,4,16-19,22-23H2,1-3H3,(H-,35,36,37,38,41);1H. The Balaban J connectivity index is 0.00000461. The molecule has 45 heavy (non-hydrogen) atoms. The number of piperazine rings is 1. The maximum absolute atomic E-state index is 13.1. The highest BCUT2D eigenvalue weighted by Gasteiger charge is 2.30. The molecule has 0 radical (unpaired) electrons. The summed E-state index contributed by atoms with van der Waals surface area (Å²) in [5.74, 6) is 0.268. The van der Waals surface area contributed by atoms with E-state index < -0.39 is 6.16 Å². The first kappa shape index (κ1) is 33.7. The lowest BCUT2D eigenvalue weighted by Gasteiger charge is -2.41. The lowest BCUT2D eigenvalue weighted by molar-refractivity contribution is -0.929. The molecule has 236 valence electrons. The van der Waals surface area contributed by atoms with Gasteiger partial charge in [-0.1, -0.05) is 18.2 Å². The Morgan fingerprint density at radius 2 is 1.78 bits per heavy atom. The Bertz CT molecular complexity index is 1580. The molecular formula is C33H38IN7O4. The van der Waals surface area contributed by atoms with Gasteiger partial charge in [-0.05, 0) is 67.4 Å². The molecule has 0 atom stereocenters. The number of likely N-dealkylation sites (N-methyl/N-ethyl adjacent to an activating group) is 1. The van der Waals surface area contributed by atoms with Crippen LogP contribution in [0.1, 0.15) is 28.4 Å². The van der Waals surface area contributed by atoms with Gasteiger partial charge in [-0.2, -0.15) is 0 Å². The molecular weight excluding hydrogens is 685 g/mol. The molecule has 2 aromatic heterocycles. The van der Waals surface area contributed by atoms with Gasteiger partial charge in [0.2, 0.25) is 12.7 Å². The lowest BCUT2D eigenvalue weighted by atomic mass is 10.1. The number of rotatable bonds is 10. The average Bonchev–Trinajstić information content (AvgIpc) is 3.04. The van der Waals surface area contributed by atoms with E-state index in [0.29, 0.717) is 35.0 Å². The van der Waals surface area contributed by atoms with E-state index in [1.54, 1.807) is 25.5 Å². The summed E-state index contributed by atoms with van der Waals surface area (Å²) in [4.78, 5) is 40.1. The van der Waals surface area contributed by atoms with Crippen LogP contribution in [-0.2, 0) is 16.0 Å². The number of aryl methyl sites for hydroxylation is 1. The number of ether oxygens (including phenoxy) is 2. The first-order chi connectivity index (χ1) is 21.3. The number of carbonyl (C=O) groups excluding carboxylic acids is 2. The van der Waals surface area contributed by atoms with Crippen molar-refractivity contribution in [3.05, 3.63) is 95.9 Å². The molecule has 0 saturated carbocycles. The highest BCUT2D eigenvalue weighted by molar-refractivity contribution is 6.04. The third-order valence-electron chi connectivity index (χ3n) is 7.65. The van der Waals surface area contributed by atoms with Gasteiger partial charge in [0.15, 0.2) is 0 Å². The van der Waals surface area contributed by atoms with E-state index in [2.05, 4.69) is 37.5 Å². The van der Waals surface area contributed by atoms with E-state index in [1.807, 2.05) is 67.6 Å². The number of carbonyl (C=O) groups is 2. The molecule has 5 rings (SSSR count). The third-order valence-corrected chi connectivity index (χ3v) is 7.65. The molecule has 1 aliphatic heterocycles. The summed E-state index contributed by atoms with van der Waals surface area (Å²) >= 11 is 0. The van der Waals surface area contributed by atoms with Crippen LogP contribution in [0.4, 0.5) is 22.1 Å². The van der Waals surface area contributed by atoms with Crippen LogP contribution < -0.4 is 34.6 Å². The van der Waals surface area contributed by atoms with Gasteiger partial charge < -0.3 is 44.1 Å². The largest absolute Gasteiger partial charge is 1.00 e. The van der Waals surface area contributed by atoms with E-state index in [4.69, 9.17) is 9.47 Å². The number of pyridine rings is 1. The van der Waals surface area contributed by atoms with E-state index in [1.165, 1.54) is 0 Å². The fraction of sp³-hybridized carbons (Fsp3) is 0.303. The van der Waals surface area contributed by atoms with Gasteiger partial charge in [0, 0.05) is 60.7 Å². The first-order valence-corrected chi connectivity index (χ1v) is 14.7. The number of aromatic nitrogens is 3. The van der Waals surface area contributed by atoms with E-state index >= 15 is 0 Å². The minimum Gasteiger partial charge on any atom is -1.00 e. The monoisotopic (exact) mass is 723 g/mol. The molecule has 4 aromatic rings. The molecule has 1 amide bonds. The molecule has 0 bridgehead atoms. The predicted molar refractivity (Wildman–Crippen MR) is 168 cm³/mol. The highest BCUT2D eigenvalue weighted by atomic mass is 127. The number of halogens is 1. The zero-order valence-electron chi connectivity index (χ0n) is 25.7. The number of nitrogens with zero attached hydrogens (tertiary/aromatic N) is 5. The SMILES string of the molecule is CCOC(=O)OC[N+]1(C)CCN(Cc2ccc(C(=O)Nc3ccc(C)c(Nc4nccc(-c5cccnc5)n4)c3)cc2)CC1.[I-]. The molecule has 2 aromatic carbocycles. The van der Waals surface area contributed by atoms with Crippen molar-refractivity contribution in [2.75, 3.05) is 57.2 Å². The fourth-order valence-corrected chi connectivity index (χ4v) is 4.92. The Morgan fingerprint density at radius 1 is 1.00 bits per heavy atom. The summed E-state index contributed by atoms with van der Waals surface area (Å²) in [6, 6.07) is 19.0. The quantitative estimate of drug-likeness (QED) is 0.144. The zero-order valence-corrected chi connectivity index (χ0v) is 27.9. The smallest absolute Gasteiger partial charge is 0.512 e. The van der Waals surface area contributed by atoms with Crippen molar-refractivity contribution in [1.29, 1.82) is 0 Å². The number of benzene rings is 2. The van der Waals surface area contributed by atoms with Gasteiger partial charge in [-0.3, -0.25) is 19.2 Å². The summed E-state index contributed by atoms with van der Waals surface area (Å²) in [5.41, 5.74) is 5.83. The van der Waals surface area contributed by atoms with Crippen molar-refractivity contribution in [3.8, 4) is 11.3 Å². The number of hydrogen-bond donors (Lipinski definition) is 2. The number of quaternary nitrogens is 1. The molecule has 11 nitrogen and oxygen atoms in total. The molecule has 0 unspecified atom stereocenters. The summed E-state index contributed by atoms with van der Waals surface area (Å²) in [5, 5.41) is 6.28. The minimum absolute atomic E-state index is 0. The summed E-state index contributed by atoms with van der Waals surface area (Å²) in [6.45, 7) is 8.65. The Kier molecular flexibility index (Phi) is 11.8. The molecule has 2 N–H and O–H groups in total. The van der Waals surface area contributed by atoms with Crippen LogP contribution in [-0.4, -0.2) is 83.0 Å². The molecule has 0 spiro atoms. The second kappa shape index (κ2) is 15.7. The van der Waals surface area contributed by atoms with Crippen molar-refractivity contribution in [2.24, 2.45) is 0 Å². The first-order valence-electron chi connectivity index (χ1n) is 14.7. The minimum atomic E-state index is -0.615. The Labute approximate surface area is 280 Å². The summed E-state index contributed by atoms with van der Waals surface area (Å²) in [6.07, 6.45) is 4.57. The normalized spacial score (nSPS) is 14.1. The van der Waals surface area contributed by atoms with Gasteiger partial charge in [0.05, 0.1) is 32.4 Å². The number of nitrogens with one attached hydrogen (secondary N) is 2. The Hall–Kier alpha value is -4.14. The van der Waals surface area contributed by atoms with E-state index in [9.17, 15) is 9.59 Å². The third kappa shape index (κ3) is 9.42. The maximum Gasteiger partial charge on any atom is 0.512 e. The van der Waals surface area contributed by atoms with Gasteiger partial charge in [-0.25, -0.2) is 14.8 Å². The van der Waals surface area contributed by atoms with Crippen LogP contribution in [0, 0.1) is 6.92 Å². The second-order valence-corrected chi connectivity index (χ2v) is 11.1. The van der Waals surface area contributed by atoms with Gasteiger partial charge >= 0.3 is 6.16 Å². The second-order valence-electron chi connectivity index (χ2n) is 11.1. The highest BCUT2D eigenvalue weighted by Crippen LogP contribution is 2.25. The van der Waals surface area contributed by atoms with Crippen molar-refractivity contribution >= 4 is 29.4 Å². The van der Waals surface area contributed by atoms with Crippen molar-refractivity contribution in [3.63, 3.8) is 0 Å². The molecule has 3 heterocycles. The van der Waals surface area contributed by atoms with Crippen LogP contribution >= 0.6 is 0 Å². The van der Waals surface area contributed by atoms with Crippen molar-refractivity contribution in [2.45, 2.75) is 20.4 Å². The van der Waals surface area contributed by atoms with Gasteiger partial charge in [0.1, 0.15) is 0 Å². The van der Waals surface area contributed by atoms with Crippen LogP contribution in [0.2, 0.25) is 0 Å². The number of anilines is 3.